The van der Waals surface area contributed by atoms with Crippen LogP contribution in [0, 0.1) is 0 Å². The third kappa shape index (κ3) is 4.30. The maximum absolute atomic E-state index is 4.46. The van der Waals surface area contributed by atoms with Crippen molar-refractivity contribution in [2.24, 2.45) is 7.05 Å². The van der Waals surface area contributed by atoms with Crippen molar-refractivity contribution in [3.8, 4) is 0 Å². The first-order valence-corrected chi connectivity index (χ1v) is 8.47. The second kappa shape index (κ2) is 8.54. The van der Waals surface area contributed by atoms with Gasteiger partial charge < -0.3 is 9.88 Å². The second-order valence-electron chi connectivity index (χ2n) is 5.99. The fraction of sp³-hybridized carbons (Fsp3) is 0.824. The number of hydrogen-bond donors (Lipinski definition) is 1. The highest BCUT2D eigenvalue weighted by atomic mass is 15.2. The summed E-state index contributed by atoms with van der Waals surface area (Å²) in [6.45, 7) is 14.7. The molecule has 0 amide bonds. The summed E-state index contributed by atoms with van der Waals surface area (Å²) in [5.41, 5.74) is 0.199. The number of imidazole rings is 1. The molecular formula is C17H34N4. The molecule has 0 aromatic carbocycles. The van der Waals surface area contributed by atoms with E-state index in [1.165, 1.54) is 5.82 Å². The monoisotopic (exact) mass is 294 g/mol. The molecule has 1 aromatic heterocycles. The zero-order valence-electron chi connectivity index (χ0n) is 14.8. The van der Waals surface area contributed by atoms with E-state index in [4.69, 9.17) is 0 Å². The van der Waals surface area contributed by atoms with Crippen LogP contribution in [-0.2, 0) is 13.5 Å². The van der Waals surface area contributed by atoms with Gasteiger partial charge in [-0.25, -0.2) is 4.98 Å². The first-order valence-electron chi connectivity index (χ1n) is 8.47. The average Bonchev–Trinajstić information content (AvgIpc) is 2.89. The van der Waals surface area contributed by atoms with Crippen LogP contribution in [0.1, 0.15) is 53.3 Å². The maximum Gasteiger partial charge on any atom is 0.108 e. The van der Waals surface area contributed by atoms with E-state index in [1.807, 2.05) is 12.4 Å². The van der Waals surface area contributed by atoms with E-state index < -0.39 is 0 Å². The molecule has 1 heterocycles. The van der Waals surface area contributed by atoms with Crippen LogP contribution >= 0.6 is 0 Å². The van der Waals surface area contributed by atoms with Crippen LogP contribution in [0.15, 0.2) is 12.4 Å². The molecular weight excluding hydrogens is 260 g/mol. The Bertz CT molecular complexity index is 397. The minimum absolute atomic E-state index is 0.199. The topological polar surface area (TPSA) is 33.1 Å². The Hall–Kier alpha value is -0.870. The number of likely N-dealkylation sites (N-methyl/N-ethyl adjacent to an activating group) is 2. The van der Waals surface area contributed by atoms with Gasteiger partial charge in [0.1, 0.15) is 5.82 Å². The van der Waals surface area contributed by atoms with Crippen molar-refractivity contribution in [3.05, 3.63) is 18.2 Å². The Kier molecular flexibility index (Phi) is 7.40. The van der Waals surface area contributed by atoms with Crippen molar-refractivity contribution < 1.29 is 0 Å². The first-order chi connectivity index (χ1) is 10.0. The first kappa shape index (κ1) is 18.2. The average molecular weight is 294 g/mol. The number of rotatable bonds is 10. The van der Waals surface area contributed by atoms with Gasteiger partial charge >= 0.3 is 0 Å². The van der Waals surface area contributed by atoms with Crippen LogP contribution in [0.25, 0.3) is 0 Å². The van der Waals surface area contributed by atoms with Gasteiger partial charge in [0.2, 0.25) is 0 Å². The van der Waals surface area contributed by atoms with E-state index >= 15 is 0 Å². The Morgan fingerprint density at radius 3 is 2.38 bits per heavy atom. The summed E-state index contributed by atoms with van der Waals surface area (Å²) < 4.78 is 2.13. The van der Waals surface area contributed by atoms with Crippen LogP contribution in [0.2, 0.25) is 0 Å². The summed E-state index contributed by atoms with van der Waals surface area (Å²) in [6.07, 6.45) is 7.23. The van der Waals surface area contributed by atoms with Crippen molar-refractivity contribution in [2.45, 2.75) is 65.5 Å². The molecule has 0 saturated carbocycles. The zero-order valence-corrected chi connectivity index (χ0v) is 14.8. The Morgan fingerprint density at radius 1 is 1.29 bits per heavy atom. The molecule has 0 spiro atoms. The summed E-state index contributed by atoms with van der Waals surface area (Å²) in [4.78, 5) is 7.06. The van der Waals surface area contributed by atoms with Crippen LogP contribution in [-0.4, -0.2) is 45.7 Å². The van der Waals surface area contributed by atoms with E-state index in [1.54, 1.807) is 0 Å². The van der Waals surface area contributed by atoms with Crippen LogP contribution in [0.5, 0.6) is 0 Å². The Balaban J connectivity index is 2.84. The fourth-order valence-corrected chi connectivity index (χ4v) is 3.43. The van der Waals surface area contributed by atoms with Crippen LogP contribution in [0.4, 0.5) is 0 Å². The molecule has 21 heavy (non-hydrogen) atoms. The molecule has 0 aliphatic carbocycles. The van der Waals surface area contributed by atoms with Crippen molar-refractivity contribution >= 4 is 0 Å². The normalized spacial score (nSPS) is 16.1. The van der Waals surface area contributed by atoms with E-state index in [2.05, 4.69) is 61.4 Å². The van der Waals surface area contributed by atoms with Crippen molar-refractivity contribution in [3.63, 3.8) is 0 Å². The zero-order chi connectivity index (χ0) is 15.9. The van der Waals surface area contributed by atoms with Gasteiger partial charge in [-0.3, -0.25) is 4.90 Å². The third-order valence-electron chi connectivity index (χ3n) is 4.98. The fourth-order valence-electron chi connectivity index (χ4n) is 3.43. The minimum atomic E-state index is 0.199. The molecule has 2 atom stereocenters. The molecule has 4 heteroatoms. The summed E-state index contributed by atoms with van der Waals surface area (Å²) in [5.74, 6) is 1.18. The SMILES string of the molecule is CCNC(CCc1nccn1C)C(C)(CC)N(CC)CC. The molecule has 0 saturated heterocycles. The van der Waals surface area contributed by atoms with Crippen LogP contribution in [0.3, 0.4) is 0 Å². The lowest BCUT2D eigenvalue weighted by Crippen LogP contribution is -2.59. The predicted octanol–water partition coefficient (Wildman–Crippen LogP) is 2.84. The van der Waals surface area contributed by atoms with Gasteiger partial charge in [0.15, 0.2) is 0 Å². The van der Waals surface area contributed by atoms with Crippen molar-refractivity contribution in [1.29, 1.82) is 0 Å². The molecule has 0 aliphatic rings. The van der Waals surface area contributed by atoms with Gasteiger partial charge in [0.25, 0.3) is 0 Å². The number of nitrogens with one attached hydrogen (secondary N) is 1. The molecule has 0 bridgehead atoms. The molecule has 0 aliphatic heterocycles. The smallest absolute Gasteiger partial charge is 0.108 e. The molecule has 2 unspecified atom stereocenters. The molecule has 122 valence electrons. The highest BCUT2D eigenvalue weighted by Gasteiger charge is 2.36. The lowest BCUT2D eigenvalue weighted by atomic mass is 9.84. The van der Waals surface area contributed by atoms with Gasteiger partial charge in [-0.05, 0) is 39.4 Å². The van der Waals surface area contributed by atoms with Gasteiger partial charge in [-0.1, -0.05) is 27.7 Å². The summed E-state index contributed by atoms with van der Waals surface area (Å²) in [6, 6.07) is 0.490. The van der Waals surface area contributed by atoms with Gasteiger partial charge in [0.05, 0.1) is 0 Å². The second-order valence-corrected chi connectivity index (χ2v) is 5.99. The summed E-state index contributed by atoms with van der Waals surface area (Å²) >= 11 is 0. The standard InChI is InChI=1S/C17H34N4/c1-7-17(5,21(9-3)10-4)15(18-8-2)11-12-16-19-13-14-20(16)6/h13-15,18H,7-12H2,1-6H3. The van der Waals surface area contributed by atoms with Gasteiger partial charge in [-0.15, -0.1) is 0 Å². The molecule has 0 radical (unpaired) electrons. The lowest BCUT2D eigenvalue weighted by Gasteiger charge is -2.46. The summed E-state index contributed by atoms with van der Waals surface area (Å²) in [5, 5.41) is 3.73. The predicted molar refractivity (Wildman–Crippen MR) is 90.6 cm³/mol. The molecule has 0 fully saturated rings. The number of hydrogen-bond acceptors (Lipinski definition) is 3. The van der Waals surface area contributed by atoms with E-state index in [9.17, 15) is 0 Å². The molecule has 1 N–H and O–H groups in total. The molecule has 1 aromatic rings. The molecule has 1 rings (SSSR count). The van der Waals surface area contributed by atoms with Gasteiger partial charge in [-0.2, -0.15) is 0 Å². The maximum atomic E-state index is 4.46. The van der Waals surface area contributed by atoms with E-state index in [0.717, 1.165) is 38.9 Å². The molecule has 4 nitrogen and oxygen atoms in total. The highest BCUT2D eigenvalue weighted by molar-refractivity contribution is 4.99. The highest BCUT2D eigenvalue weighted by Crippen LogP contribution is 2.26. The third-order valence-corrected chi connectivity index (χ3v) is 4.98. The number of nitrogens with zero attached hydrogens (tertiary/aromatic N) is 3. The van der Waals surface area contributed by atoms with E-state index in [-0.39, 0.29) is 5.54 Å². The quantitative estimate of drug-likeness (QED) is 0.720. The van der Waals surface area contributed by atoms with Gasteiger partial charge in [0, 0.05) is 37.4 Å². The van der Waals surface area contributed by atoms with Crippen molar-refractivity contribution in [2.75, 3.05) is 19.6 Å². The Labute approximate surface area is 130 Å². The Morgan fingerprint density at radius 2 is 1.95 bits per heavy atom. The number of aromatic nitrogens is 2. The number of aryl methyl sites for hydroxylation is 2. The van der Waals surface area contributed by atoms with E-state index in [0.29, 0.717) is 6.04 Å². The minimum Gasteiger partial charge on any atom is -0.338 e. The van der Waals surface area contributed by atoms with Crippen LogP contribution < -0.4 is 5.32 Å². The largest absolute Gasteiger partial charge is 0.338 e. The van der Waals surface area contributed by atoms with Crippen molar-refractivity contribution in [1.82, 2.24) is 19.8 Å². The lowest BCUT2D eigenvalue weighted by molar-refractivity contribution is 0.0671. The summed E-state index contributed by atoms with van der Waals surface area (Å²) in [7, 11) is 2.08.